The van der Waals surface area contributed by atoms with Gasteiger partial charge in [-0.2, -0.15) is 0 Å². The fourth-order valence-electron chi connectivity index (χ4n) is 2.58. The number of nitrogens with one attached hydrogen (secondary N) is 1. The maximum absolute atomic E-state index is 12.0. The number of rotatable bonds is 4. The van der Waals surface area contributed by atoms with Gasteiger partial charge in [0, 0.05) is 29.2 Å². The van der Waals surface area contributed by atoms with E-state index in [0.717, 1.165) is 5.56 Å². The molecule has 2 N–H and O–H groups in total. The lowest BCUT2D eigenvalue weighted by Gasteiger charge is -2.39. The summed E-state index contributed by atoms with van der Waals surface area (Å²) in [6.45, 7) is 2.94. The minimum absolute atomic E-state index is 0.202. The van der Waals surface area contributed by atoms with E-state index in [1.165, 1.54) is 0 Å². The maximum atomic E-state index is 12.0. The second-order valence-electron chi connectivity index (χ2n) is 4.98. The van der Waals surface area contributed by atoms with Crippen LogP contribution in [0.3, 0.4) is 0 Å². The van der Waals surface area contributed by atoms with Crippen LogP contribution in [0.25, 0.3) is 0 Å². The first-order valence-corrected chi connectivity index (χ1v) is 7.36. The molecule has 2 rings (SSSR count). The van der Waals surface area contributed by atoms with Crippen LogP contribution in [0.1, 0.15) is 24.9 Å². The Bertz CT molecular complexity index is 565. The van der Waals surface area contributed by atoms with Gasteiger partial charge in [-0.25, -0.2) is 0 Å². The molecule has 1 aromatic rings. The van der Waals surface area contributed by atoms with E-state index in [0.29, 0.717) is 23.1 Å². The molecule has 0 saturated carbocycles. The summed E-state index contributed by atoms with van der Waals surface area (Å²) < 4.78 is 0. The zero-order valence-corrected chi connectivity index (χ0v) is 13.0. The molecule has 2 atom stereocenters. The molecular formula is C14H16Cl2N2O3. The van der Waals surface area contributed by atoms with Crippen LogP contribution in [0, 0.1) is 0 Å². The average Bonchev–Trinajstić information content (AvgIpc) is 2.42. The molecule has 21 heavy (non-hydrogen) atoms. The summed E-state index contributed by atoms with van der Waals surface area (Å²) in [5, 5.41) is 12.8. The maximum Gasteiger partial charge on any atom is 0.305 e. The summed E-state index contributed by atoms with van der Waals surface area (Å²) in [6, 6.07) is 4.23. The highest BCUT2D eigenvalue weighted by Crippen LogP contribution is 2.32. The molecule has 1 aromatic carbocycles. The van der Waals surface area contributed by atoms with Crippen LogP contribution >= 0.6 is 23.2 Å². The zero-order valence-electron chi connectivity index (χ0n) is 11.5. The van der Waals surface area contributed by atoms with Crippen LogP contribution in [0.15, 0.2) is 18.2 Å². The molecule has 2 unspecified atom stereocenters. The molecule has 1 aliphatic rings. The third-order valence-corrected chi connectivity index (χ3v) is 4.23. The number of halogens is 2. The summed E-state index contributed by atoms with van der Waals surface area (Å²) in [4.78, 5) is 24.8. The van der Waals surface area contributed by atoms with Gasteiger partial charge in [0.2, 0.25) is 5.91 Å². The fraction of sp³-hybridized carbons (Fsp3) is 0.429. The molecule has 1 amide bonds. The number of amides is 1. The topological polar surface area (TPSA) is 69.6 Å². The molecule has 1 aliphatic heterocycles. The van der Waals surface area contributed by atoms with Gasteiger partial charge in [0.1, 0.15) is 6.04 Å². The minimum Gasteiger partial charge on any atom is -0.481 e. The van der Waals surface area contributed by atoms with Crippen LogP contribution in [0.2, 0.25) is 10.0 Å². The highest BCUT2D eigenvalue weighted by molar-refractivity contribution is 6.33. The van der Waals surface area contributed by atoms with E-state index < -0.39 is 12.0 Å². The number of nitrogens with zero attached hydrogens (tertiary/aromatic N) is 1. The first-order chi connectivity index (χ1) is 9.90. The number of aliphatic carboxylic acids is 1. The second-order valence-corrected chi connectivity index (χ2v) is 5.83. The van der Waals surface area contributed by atoms with E-state index in [2.05, 4.69) is 5.32 Å². The van der Waals surface area contributed by atoms with Gasteiger partial charge in [-0.05, 0) is 30.7 Å². The van der Waals surface area contributed by atoms with Crippen LogP contribution in [0.4, 0.5) is 0 Å². The molecule has 1 fully saturated rings. The van der Waals surface area contributed by atoms with E-state index in [-0.39, 0.29) is 18.4 Å². The molecule has 0 spiro atoms. The fourth-order valence-corrected chi connectivity index (χ4v) is 3.04. The minimum atomic E-state index is -1.01. The first kappa shape index (κ1) is 16.1. The van der Waals surface area contributed by atoms with Crippen molar-refractivity contribution in [2.45, 2.75) is 25.4 Å². The monoisotopic (exact) mass is 330 g/mol. The summed E-state index contributed by atoms with van der Waals surface area (Å²) in [6.07, 6.45) is -0.242. The van der Waals surface area contributed by atoms with Gasteiger partial charge in [-0.1, -0.05) is 23.2 Å². The molecule has 0 bridgehead atoms. The van der Waals surface area contributed by atoms with Crippen molar-refractivity contribution in [1.29, 1.82) is 0 Å². The number of benzene rings is 1. The Kier molecular flexibility index (Phi) is 5.08. The Labute approximate surface area is 132 Å². The number of carboxylic acids is 1. The lowest BCUT2D eigenvalue weighted by molar-refractivity contribution is -0.143. The van der Waals surface area contributed by atoms with E-state index in [4.69, 9.17) is 28.3 Å². The molecule has 0 aliphatic carbocycles. The van der Waals surface area contributed by atoms with Crippen molar-refractivity contribution in [2.24, 2.45) is 0 Å². The van der Waals surface area contributed by atoms with E-state index in [9.17, 15) is 9.59 Å². The lowest BCUT2D eigenvalue weighted by Crippen LogP contribution is -2.56. The third-order valence-electron chi connectivity index (χ3n) is 3.65. The number of carboxylic acid groups (broad SMARTS) is 1. The van der Waals surface area contributed by atoms with Gasteiger partial charge >= 0.3 is 5.97 Å². The Morgan fingerprint density at radius 3 is 2.90 bits per heavy atom. The predicted molar refractivity (Wildman–Crippen MR) is 80.6 cm³/mol. The summed E-state index contributed by atoms with van der Waals surface area (Å²) in [5.41, 5.74) is 0.786. The van der Waals surface area contributed by atoms with Crippen molar-refractivity contribution in [3.05, 3.63) is 33.8 Å². The summed E-state index contributed by atoms with van der Waals surface area (Å²) in [5.74, 6) is -1.28. The van der Waals surface area contributed by atoms with Gasteiger partial charge in [0.05, 0.1) is 6.42 Å². The van der Waals surface area contributed by atoms with Crippen molar-refractivity contribution >= 4 is 35.1 Å². The first-order valence-electron chi connectivity index (χ1n) is 6.60. The highest BCUT2D eigenvalue weighted by Gasteiger charge is 2.35. The quantitative estimate of drug-likeness (QED) is 0.888. The smallest absolute Gasteiger partial charge is 0.305 e. The number of carbonyl (C=O) groups is 2. The second kappa shape index (κ2) is 6.64. The highest BCUT2D eigenvalue weighted by atomic mass is 35.5. The van der Waals surface area contributed by atoms with Crippen LogP contribution in [-0.2, 0) is 9.59 Å². The van der Waals surface area contributed by atoms with Gasteiger partial charge in [0.25, 0.3) is 0 Å². The summed E-state index contributed by atoms with van der Waals surface area (Å²) in [7, 11) is 0. The number of hydrogen-bond acceptors (Lipinski definition) is 3. The van der Waals surface area contributed by atoms with Gasteiger partial charge in [-0.15, -0.1) is 0 Å². The van der Waals surface area contributed by atoms with Crippen LogP contribution in [-0.4, -0.2) is 41.0 Å². The molecule has 1 saturated heterocycles. The Morgan fingerprint density at radius 2 is 2.24 bits per heavy atom. The van der Waals surface area contributed by atoms with Gasteiger partial charge < -0.3 is 10.4 Å². The predicted octanol–water partition coefficient (Wildman–Crippen LogP) is 2.33. The van der Waals surface area contributed by atoms with Gasteiger partial charge in [-0.3, -0.25) is 14.5 Å². The van der Waals surface area contributed by atoms with Crippen LogP contribution in [0.5, 0.6) is 0 Å². The number of piperazine rings is 1. The van der Waals surface area contributed by atoms with E-state index in [1.807, 2.05) is 11.8 Å². The van der Waals surface area contributed by atoms with Crippen molar-refractivity contribution < 1.29 is 14.7 Å². The lowest BCUT2D eigenvalue weighted by atomic mass is 10.0. The molecule has 114 valence electrons. The van der Waals surface area contributed by atoms with Crippen molar-refractivity contribution in [1.82, 2.24) is 10.2 Å². The van der Waals surface area contributed by atoms with Crippen molar-refractivity contribution in [3.63, 3.8) is 0 Å². The van der Waals surface area contributed by atoms with E-state index in [1.54, 1.807) is 18.2 Å². The zero-order chi connectivity index (χ0) is 15.6. The Balaban J connectivity index is 2.30. The molecule has 0 radical (unpaired) electrons. The van der Waals surface area contributed by atoms with Crippen molar-refractivity contribution in [3.8, 4) is 0 Å². The largest absolute Gasteiger partial charge is 0.481 e. The molecular weight excluding hydrogens is 315 g/mol. The average molecular weight is 331 g/mol. The number of carbonyl (C=O) groups excluding carboxylic acids is 1. The van der Waals surface area contributed by atoms with Crippen molar-refractivity contribution in [2.75, 3.05) is 13.1 Å². The standard InChI is InChI=1S/C14H16Cl2N2O3/c1-8(10-6-9(15)2-3-11(10)16)18-5-4-17-14(21)12(18)7-13(19)20/h2-3,6,8,12H,4-5,7H2,1H3,(H,17,21)(H,19,20). The Hall–Kier alpha value is -1.30. The molecule has 0 aromatic heterocycles. The number of hydrogen-bond donors (Lipinski definition) is 2. The Morgan fingerprint density at radius 1 is 1.52 bits per heavy atom. The molecule has 5 nitrogen and oxygen atoms in total. The van der Waals surface area contributed by atoms with Gasteiger partial charge in [0.15, 0.2) is 0 Å². The molecule has 1 heterocycles. The third kappa shape index (κ3) is 3.67. The SMILES string of the molecule is CC(c1cc(Cl)ccc1Cl)N1CCNC(=O)C1CC(=O)O. The summed E-state index contributed by atoms with van der Waals surface area (Å²) >= 11 is 12.2. The van der Waals surface area contributed by atoms with Crippen LogP contribution < -0.4 is 5.32 Å². The van der Waals surface area contributed by atoms with E-state index >= 15 is 0 Å². The molecule has 7 heteroatoms. The normalized spacial score (nSPS) is 20.9.